The van der Waals surface area contributed by atoms with Gasteiger partial charge in [-0.3, -0.25) is 14.5 Å². The van der Waals surface area contributed by atoms with Crippen LogP contribution < -0.4 is 14.4 Å². The van der Waals surface area contributed by atoms with Gasteiger partial charge in [-0.15, -0.1) is 0 Å². The lowest BCUT2D eigenvalue weighted by atomic mass is 10.1. The first kappa shape index (κ1) is 24.3. The molecule has 0 aromatic heterocycles. The summed E-state index contributed by atoms with van der Waals surface area (Å²) in [6, 6.07) is 13.1. The van der Waals surface area contributed by atoms with Gasteiger partial charge in [-0.25, -0.2) is 0 Å². The molecule has 0 atom stereocenters. The summed E-state index contributed by atoms with van der Waals surface area (Å²) in [6.45, 7) is 6.42. The number of para-hydroxylation sites is 1. The second kappa shape index (κ2) is 11.0. The molecule has 178 valence electrons. The Bertz CT molecular complexity index is 1130. The zero-order valence-corrected chi connectivity index (χ0v) is 20.7. The predicted octanol–water partition coefficient (Wildman–Crippen LogP) is 4.04. The van der Waals surface area contributed by atoms with Crippen molar-refractivity contribution in [3.63, 3.8) is 0 Å². The first-order valence-corrected chi connectivity index (χ1v) is 12.3. The average molecular weight is 499 g/mol. The van der Waals surface area contributed by atoms with Gasteiger partial charge in [0, 0.05) is 13.1 Å². The van der Waals surface area contributed by atoms with Crippen molar-refractivity contribution >= 4 is 51.9 Å². The average Bonchev–Trinajstić information content (AvgIpc) is 3.12. The number of hydrogen-bond acceptors (Lipinski definition) is 7. The molecule has 2 aromatic rings. The van der Waals surface area contributed by atoms with E-state index < -0.39 is 0 Å². The normalized spacial score (nSPS) is 17.4. The van der Waals surface area contributed by atoms with E-state index in [9.17, 15) is 9.59 Å². The number of hydrogen-bond donors (Lipinski definition) is 0. The summed E-state index contributed by atoms with van der Waals surface area (Å²) < 4.78 is 17.3. The van der Waals surface area contributed by atoms with Crippen molar-refractivity contribution in [3.05, 3.63) is 58.5 Å². The first-order chi connectivity index (χ1) is 16.5. The molecule has 0 saturated carbocycles. The topological polar surface area (TPSA) is 68.3 Å². The van der Waals surface area contributed by atoms with E-state index in [0.29, 0.717) is 53.6 Å². The SMILES string of the molecule is CCOc1cc(/C=C2\SC(=S)N(c3ccccc3C)C2=O)ccc1OCC(=O)N1CCOCC1. The maximum atomic E-state index is 13.1. The van der Waals surface area contributed by atoms with Crippen LogP contribution in [0.25, 0.3) is 6.08 Å². The molecular formula is C25H26N2O5S2. The lowest BCUT2D eigenvalue weighted by Gasteiger charge is -2.26. The number of thioether (sulfide) groups is 1. The smallest absolute Gasteiger partial charge is 0.270 e. The Morgan fingerprint density at radius 3 is 2.65 bits per heavy atom. The van der Waals surface area contributed by atoms with Crippen LogP contribution >= 0.6 is 24.0 Å². The maximum absolute atomic E-state index is 13.1. The largest absolute Gasteiger partial charge is 0.490 e. The van der Waals surface area contributed by atoms with Crippen molar-refractivity contribution in [1.29, 1.82) is 0 Å². The predicted molar refractivity (Wildman–Crippen MR) is 137 cm³/mol. The fraction of sp³-hybridized carbons (Fsp3) is 0.320. The van der Waals surface area contributed by atoms with Crippen LogP contribution in [-0.2, 0) is 14.3 Å². The summed E-state index contributed by atoms with van der Waals surface area (Å²) in [5.41, 5.74) is 2.55. The fourth-order valence-electron chi connectivity index (χ4n) is 3.69. The minimum atomic E-state index is -0.154. The number of rotatable bonds is 7. The molecule has 2 aromatic carbocycles. The summed E-state index contributed by atoms with van der Waals surface area (Å²) in [5, 5.41) is 0. The van der Waals surface area contributed by atoms with E-state index in [2.05, 4.69) is 0 Å². The molecule has 7 nitrogen and oxygen atoms in total. The van der Waals surface area contributed by atoms with E-state index >= 15 is 0 Å². The zero-order valence-electron chi connectivity index (χ0n) is 19.1. The van der Waals surface area contributed by atoms with Crippen LogP contribution in [0.3, 0.4) is 0 Å². The number of anilines is 1. The van der Waals surface area contributed by atoms with E-state index in [0.717, 1.165) is 16.8 Å². The second-order valence-electron chi connectivity index (χ2n) is 7.72. The van der Waals surface area contributed by atoms with Crippen LogP contribution in [0.1, 0.15) is 18.1 Å². The van der Waals surface area contributed by atoms with Crippen LogP contribution in [0.5, 0.6) is 11.5 Å². The van der Waals surface area contributed by atoms with Gasteiger partial charge >= 0.3 is 0 Å². The fourth-order valence-corrected chi connectivity index (χ4v) is 4.97. The van der Waals surface area contributed by atoms with E-state index in [-0.39, 0.29) is 18.4 Å². The Kier molecular flexibility index (Phi) is 7.87. The summed E-state index contributed by atoms with van der Waals surface area (Å²) in [7, 11) is 0. The number of nitrogens with zero attached hydrogens (tertiary/aromatic N) is 2. The molecule has 2 amide bonds. The van der Waals surface area contributed by atoms with Crippen molar-refractivity contribution in [1.82, 2.24) is 4.90 Å². The summed E-state index contributed by atoms with van der Waals surface area (Å²) in [4.78, 5) is 29.4. The molecule has 2 aliphatic heterocycles. The molecule has 34 heavy (non-hydrogen) atoms. The highest BCUT2D eigenvalue weighted by atomic mass is 32.2. The molecule has 4 rings (SSSR count). The van der Waals surface area contributed by atoms with Crippen molar-refractivity contribution in [2.24, 2.45) is 0 Å². The third-order valence-corrected chi connectivity index (χ3v) is 6.73. The number of morpholine rings is 1. The lowest BCUT2D eigenvalue weighted by Crippen LogP contribution is -2.43. The first-order valence-electron chi connectivity index (χ1n) is 11.1. The highest BCUT2D eigenvalue weighted by Gasteiger charge is 2.34. The molecule has 0 N–H and O–H groups in total. The van der Waals surface area contributed by atoms with Crippen molar-refractivity contribution < 1.29 is 23.8 Å². The van der Waals surface area contributed by atoms with Gasteiger partial charge in [-0.05, 0) is 49.2 Å². The van der Waals surface area contributed by atoms with Crippen molar-refractivity contribution in [2.75, 3.05) is 44.4 Å². The monoisotopic (exact) mass is 498 g/mol. The van der Waals surface area contributed by atoms with Crippen LogP contribution in [0.2, 0.25) is 0 Å². The van der Waals surface area contributed by atoms with Gasteiger partial charge in [0.1, 0.15) is 0 Å². The number of carbonyl (C=O) groups excluding carboxylic acids is 2. The van der Waals surface area contributed by atoms with Crippen LogP contribution in [-0.4, -0.2) is 60.6 Å². The van der Waals surface area contributed by atoms with Crippen LogP contribution in [0, 0.1) is 6.92 Å². The van der Waals surface area contributed by atoms with Crippen LogP contribution in [0.15, 0.2) is 47.4 Å². The molecule has 0 bridgehead atoms. The van der Waals surface area contributed by atoms with E-state index in [1.807, 2.05) is 44.2 Å². The Hall–Kier alpha value is -2.88. The second-order valence-corrected chi connectivity index (χ2v) is 9.40. The van der Waals surface area contributed by atoms with Crippen molar-refractivity contribution in [2.45, 2.75) is 13.8 Å². The molecule has 0 unspecified atom stereocenters. The van der Waals surface area contributed by atoms with E-state index in [4.69, 9.17) is 26.4 Å². The number of aryl methyl sites for hydroxylation is 1. The standard InChI is InChI=1S/C25H26N2O5S2/c1-3-31-21-14-18(8-9-20(21)32-16-23(28)26-10-12-30-13-11-26)15-22-24(29)27(25(33)34-22)19-7-5-4-6-17(19)2/h4-9,14-15H,3,10-13,16H2,1-2H3/b22-15-. The molecule has 2 heterocycles. The van der Waals surface area contributed by atoms with Gasteiger partial charge in [0.15, 0.2) is 22.4 Å². The quantitative estimate of drug-likeness (QED) is 0.422. The number of amides is 2. The Balaban J connectivity index is 1.50. The number of ether oxygens (including phenoxy) is 3. The van der Waals surface area contributed by atoms with Gasteiger partial charge in [-0.1, -0.05) is 48.2 Å². The third-order valence-electron chi connectivity index (χ3n) is 5.43. The molecule has 0 spiro atoms. The zero-order chi connectivity index (χ0) is 24.1. The van der Waals surface area contributed by atoms with Crippen molar-refractivity contribution in [3.8, 4) is 11.5 Å². The lowest BCUT2D eigenvalue weighted by molar-refractivity contribution is -0.137. The molecule has 2 aliphatic rings. The minimum Gasteiger partial charge on any atom is -0.490 e. The molecular weight excluding hydrogens is 472 g/mol. The number of carbonyl (C=O) groups is 2. The highest BCUT2D eigenvalue weighted by molar-refractivity contribution is 8.27. The summed E-state index contributed by atoms with van der Waals surface area (Å²) >= 11 is 6.76. The third kappa shape index (κ3) is 5.43. The van der Waals surface area contributed by atoms with Crippen LogP contribution in [0.4, 0.5) is 5.69 Å². The van der Waals surface area contributed by atoms with Gasteiger partial charge in [0.25, 0.3) is 11.8 Å². The van der Waals surface area contributed by atoms with Gasteiger partial charge in [0.2, 0.25) is 0 Å². The summed E-state index contributed by atoms with van der Waals surface area (Å²) in [5.74, 6) is 0.752. The maximum Gasteiger partial charge on any atom is 0.270 e. The van der Waals surface area contributed by atoms with Gasteiger partial charge in [-0.2, -0.15) is 0 Å². The highest BCUT2D eigenvalue weighted by Crippen LogP contribution is 2.38. The minimum absolute atomic E-state index is 0.0749. The number of thiocarbonyl (C=S) groups is 1. The van der Waals surface area contributed by atoms with E-state index in [1.165, 1.54) is 11.8 Å². The van der Waals surface area contributed by atoms with Gasteiger partial charge < -0.3 is 19.1 Å². The number of benzene rings is 2. The Morgan fingerprint density at radius 1 is 1.15 bits per heavy atom. The Morgan fingerprint density at radius 2 is 1.91 bits per heavy atom. The molecule has 0 radical (unpaired) electrons. The van der Waals surface area contributed by atoms with E-state index in [1.54, 1.807) is 28.0 Å². The van der Waals surface area contributed by atoms with Gasteiger partial charge in [0.05, 0.1) is 30.4 Å². The molecule has 0 aliphatic carbocycles. The Labute approximate surface area is 208 Å². The molecule has 2 saturated heterocycles. The molecule has 9 heteroatoms. The molecule has 2 fully saturated rings. The summed E-state index contributed by atoms with van der Waals surface area (Å²) in [6.07, 6.45) is 1.79.